The zero-order valence-electron chi connectivity index (χ0n) is 17.0. The molecule has 0 aliphatic carbocycles. The number of hydrogen-bond acceptors (Lipinski definition) is 3. The van der Waals surface area contributed by atoms with Crippen LogP contribution in [-0.4, -0.2) is 7.11 Å². The van der Waals surface area contributed by atoms with E-state index in [2.05, 4.69) is 48.6 Å². The zero-order chi connectivity index (χ0) is 20.5. The number of benzene rings is 3. The third kappa shape index (κ3) is 5.75. The SMILES string of the molecule is CCCC(NCc1cccc(OC)c1OCc1ccccc1Cl)c1ccccc1. The Labute approximate surface area is 178 Å². The molecular formula is C25H28ClNO2. The minimum absolute atomic E-state index is 0.295. The van der Waals surface area contributed by atoms with Gasteiger partial charge in [0.1, 0.15) is 6.61 Å². The van der Waals surface area contributed by atoms with Gasteiger partial charge in [-0.1, -0.05) is 85.6 Å². The van der Waals surface area contributed by atoms with Crippen LogP contribution in [0.3, 0.4) is 0 Å². The predicted octanol–water partition coefficient (Wildman–Crippen LogP) is 6.56. The van der Waals surface area contributed by atoms with Crippen LogP contribution in [0, 0.1) is 0 Å². The van der Waals surface area contributed by atoms with Gasteiger partial charge in [0, 0.05) is 28.7 Å². The summed E-state index contributed by atoms with van der Waals surface area (Å²) in [6.45, 7) is 3.29. The van der Waals surface area contributed by atoms with E-state index in [1.807, 2.05) is 36.4 Å². The van der Waals surface area contributed by atoms with Crippen molar-refractivity contribution in [2.24, 2.45) is 0 Å². The summed E-state index contributed by atoms with van der Waals surface area (Å²) in [5, 5.41) is 4.40. The van der Waals surface area contributed by atoms with E-state index in [0.29, 0.717) is 24.2 Å². The molecule has 29 heavy (non-hydrogen) atoms. The van der Waals surface area contributed by atoms with Crippen LogP contribution >= 0.6 is 11.6 Å². The quantitative estimate of drug-likeness (QED) is 0.411. The molecule has 0 spiro atoms. The van der Waals surface area contributed by atoms with Crippen LogP contribution in [0.25, 0.3) is 0 Å². The second kappa shape index (κ2) is 10.9. The second-order valence-electron chi connectivity index (χ2n) is 6.96. The molecule has 3 rings (SSSR count). The van der Waals surface area contributed by atoms with E-state index in [1.165, 1.54) is 5.56 Å². The van der Waals surface area contributed by atoms with Gasteiger partial charge in [-0.3, -0.25) is 0 Å². The first-order chi connectivity index (χ1) is 14.2. The molecule has 0 aliphatic heterocycles. The average Bonchev–Trinajstić information content (AvgIpc) is 2.77. The van der Waals surface area contributed by atoms with Gasteiger partial charge >= 0.3 is 0 Å². The normalized spacial score (nSPS) is 11.8. The van der Waals surface area contributed by atoms with E-state index < -0.39 is 0 Å². The van der Waals surface area contributed by atoms with E-state index >= 15 is 0 Å². The molecule has 1 atom stereocenters. The van der Waals surface area contributed by atoms with Crippen molar-refractivity contribution in [3.05, 3.63) is 94.5 Å². The van der Waals surface area contributed by atoms with Crippen LogP contribution in [0.15, 0.2) is 72.8 Å². The lowest BCUT2D eigenvalue weighted by molar-refractivity contribution is 0.280. The second-order valence-corrected chi connectivity index (χ2v) is 7.37. The van der Waals surface area contributed by atoms with Crippen LogP contribution in [0.1, 0.15) is 42.5 Å². The number of ether oxygens (including phenoxy) is 2. The van der Waals surface area contributed by atoms with E-state index in [4.69, 9.17) is 21.1 Å². The van der Waals surface area contributed by atoms with Crippen molar-refractivity contribution in [3.63, 3.8) is 0 Å². The van der Waals surface area contributed by atoms with E-state index in [0.717, 1.165) is 35.5 Å². The van der Waals surface area contributed by atoms with Gasteiger partial charge in [-0.25, -0.2) is 0 Å². The summed E-state index contributed by atoms with van der Waals surface area (Å²) in [6, 6.07) is 24.6. The lowest BCUT2D eigenvalue weighted by Gasteiger charge is -2.21. The summed E-state index contributed by atoms with van der Waals surface area (Å²) in [7, 11) is 1.67. The molecule has 3 aromatic carbocycles. The van der Waals surface area contributed by atoms with E-state index in [-0.39, 0.29) is 0 Å². The number of para-hydroxylation sites is 1. The predicted molar refractivity (Wildman–Crippen MR) is 120 cm³/mol. The Morgan fingerprint density at radius 2 is 1.62 bits per heavy atom. The molecule has 0 amide bonds. The van der Waals surface area contributed by atoms with E-state index in [9.17, 15) is 0 Å². The molecule has 0 heterocycles. The lowest BCUT2D eigenvalue weighted by Crippen LogP contribution is -2.21. The van der Waals surface area contributed by atoms with Crippen LogP contribution < -0.4 is 14.8 Å². The van der Waals surface area contributed by atoms with Crippen LogP contribution in [0.4, 0.5) is 0 Å². The molecule has 1 N–H and O–H groups in total. The molecular weight excluding hydrogens is 382 g/mol. The molecule has 0 fully saturated rings. The number of hydrogen-bond donors (Lipinski definition) is 1. The highest BCUT2D eigenvalue weighted by Crippen LogP contribution is 2.33. The Kier molecular flexibility index (Phi) is 7.97. The number of methoxy groups -OCH3 is 1. The number of halogens is 1. The summed E-state index contributed by atoms with van der Waals surface area (Å²) in [6.07, 6.45) is 2.18. The van der Waals surface area contributed by atoms with Crippen molar-refractivity contribution < 1.29 is 9.47 Å². The van der Waals surface area contributed by atoms with Gasteiger partial charge in [-0.05, 0) is 24.1 Å². The number of nitrogens with one attached hydrogen (secondary N) is 1. The summed E-state index contributed by atoms with van der Waals surface area (Å²) in [5.41, 5.74) is 3.32. The van der Waals surface area contributed by atoms with Gasteiger partial charge in [-0.15, -0.1) is 0 Å². The molecule has 4 heteroatoms. The van der Waals surface area contributed by atoms with Crippen LogP contribution in [0.5, 0.6) is 11.5 Å². The smallest absolute Gasteiger partial charge is 0.166 e. The van der Waals surface area contributed by atoms with Crippen molar-refractivity contribution >= 4 is 11.6 Å². The van der Waals surface area contributed by atoms with Crippen LogP contribution in [-0.2, 0) is 13.2 Å². The lowest BCUT2D eigenvalue weighted by atomic mass is 10.0. The third-order valence-electron chi connectivity index (χ3n) is 4.93. The summed E-state index contributed by atoms with van der Waals surface area (Å²) < 4.78 is 11.7. The first-order valence-corrected chi connectivity index (χ1v) is 10.4. The maximum Gasteiger partial charge on any atom is 0.166 e. The van der Waals surface area contributed by atoms with Gasteiger partial charge in [0.05, 0.1) is 7.11 Å². The van der Waals surface area contributed by atoms with Crippen molar-refractivity contribution in [2.45, 2.75) is 39.0 Å². The van der Waals surface area contributed by atoms with Crippen molar-refractivity contribution in [1.82, 2.24) is 5.32 Å². The fourth-order valence-electron chi connectivity index (χ4n) is 3.38. The van der Waals surface area contributed by atoms with Crippen molar-refractivity contribution in [3.8, 4) is 11.5 Å². The maximum atomic E-state index is 6.29. The van der Waals surface area contributed by atoms with Gasteiger partial charge in [-0.2, -0.15) is 0 Å². The highest BCUT2D eigenvalue weighted by atomic mass is 35.5. The Hall–Kier alpha value is -2.49. The minimum Gasteiger partial charge on any atom is -0.493 e. The first-order valence-electron chi connectivity index (χ1n) is 10.0. The molecule has 0 bridgehead atoms. The molecule has 1 unspecified atom stereocenters. The zero-order valence-corrected chi connectivity index (χ0v) is 17.8. The number of rotatable bonds is 10. The Bertz CT molecular complexity index is 898. The van der Waals surface area contributed by atoms with Gasteiger partial charge < -0.3 is 14.8 Å². The molecule has 0 radical (unpaired) electrons. The monoisotopic (exact) mass is 409 g/mol. The van der Waals surface area contributed by atoms with Gasteiger partial charge in [0.25, 0.3) is 0 Å². The fraction of sp³-hybridized carbons (Fsp3) is 0.280. The minimum atomic E-state index is 0.295. The molecule has 3 aromatic rings. The standard InChI is InChI=1S/C25H28ClNO2/c1-3-10-23(19-11-5-4-6-12-19)27-17-20-14-9-16-24(28-2)25(20)29-18-21-13-7-8-15-22(21)26/h4-9,11-16,23,27H,3,10,17-18H2,1-2H3. The molecule has 0 saturated carbocycles. The van der Waals surface area contributed by atoms with Gasteiger partial charge in [0.15, 0.2) is 11.5 Å². The van der Waals surface area contributed by atoms with E-state index in [1.54, 1.807) is 7.11 Å². The topological polar surface area (TPSA) is 30.5 Å². The maximum absolute atomic E-state index is 6.29. The molecule has 0 aromatic heterocycles. The summed E-state index contributed by atoms with van der Waals surface area (Å²) in [4.78, 5) is 0. The first kappa shape index (κ1) is 21.2. The van der Waals surface area contributed by atoms with Gasteiger partial charge in [0.2, 0.25) is 0 Å². The Balaban J connectivity index is 1.77. The Morgan fingerprint density at radius 1 is 0.897 bits per heavy atom. The third-order valence-corrected chi connectivity index (χ3v) is 5.30. The molecule has 0 saturated heterocycles. The highest BCUT2D eigenvalue weighted by Gasteiger charge is 2.15. The largest absolute Gasteiger partial charge is 0.493 e. The van der Waals surface area contributed by atoms with Crippen molar-refractivity contribution in [2.75, 3.05) is 7.11 Å². The Morgan fingerprint density at radius 3 is 2.34 bits per heavy atom. The average molecular weight is 410 g/mol. The fourth-order valence-corrected chi connectivity index (χ4v) is 3.57. The molecule has 152 valence electrons. The summed E-state index contributed by atoms with van der Waals surface area (Å²) >= 11 is 6.29. The van der Waals surface area contributed by atoms with Crippen LogP contribution in [0.2, 0.25) is 5.02 Å². The summed E-state index contributed by atoms with van der Waals surface area (Å²) in [5.74, 6) is 1.48. The highest BCUT2D eigenvalue weighted by molar-refractivity contribution is 6.31. The molecule has 3 nitrogen and oxygen atoms in total. The molecule has 0 aliphatic rings. The van der Waals surface area contributed by atoms with Crippen molar-refractivity contribution in [1.29, 1.82) is 0 Å².